The van der Waals surface area contributed by atoms with Gasteiger partial charge in [-0.25, -0.2) is 0 Å². The van der Waals surface area contributed by atoms with Gasteiger partial charge in [0.15, 0.2) is 5.15 Å². The molecule has 4 heteroatoms. The van der Waals surface area contributed by atoms with Crippen molar-refractivity contribution in [3.8, 4) is 11.1 Å². The number of benzene rings is 1. The predicted octanol–water partition coefficient (Wildman–Crippen LogP) is 2.69. The zero-order chi connectivity index (χ0) is 10.8. The zero-order valence-corrected chi connectivity index (χ0v) is 8.99. The average molecular weight is 220 g/mol. The second-order valence-electron chi connectivity index (χ2n) is 3.28. The molecule has 3 nitrogen and oxygen atoms in total. The van der Waals surface area contributed by atoms with Gasteiger partial charge in [0.1, 0.15) is 0 Å². The molecule has 15 heavy (non-hydrogen) atoms. The molecule has 0 saturated heterocycles. The summed E-state index contributed by atoms with van der Waals surface area (Å²) in [6.07, 6.45) is 1.63. The van der Waals surface area contributed by atoms with Crippen LogP contribution in [0.25, 0.3) is 11.1 Å². The number of aromatic nitrogens is 2. The van der Waals surface area contributed by atoms with Crippen LogP contribution in [-0.2, 0) is 0 Å². The number of aryl methyl sites for hydroxylation is 1. The molecular weight excluding hydrogens is 210 g/mol. The molecular formula is C11H10ClN3. The molecule has 0 bridgehead atoms. The molecule has 0 aliphatic carbocycles. The summed E-state index contributed by atoms with van der Waals surface area (Å²) in [6, 6.07) is 7.93. The Labute approximate surface area is 92.9 Å². The third-order valence-electron chi connectivity index (χ3n) is 2.28. The third kappa shape index (κ3) is 1.78. The number of hydrogen-bond donors (Lipinski definition) is 1. The molecule has 2 aromatic rings. The molecule has 0 aliphatic rings. The highest BCUT2D eigenvalue weighted by atomic mass is 35.5. The summed E-state index contributed by atoms with van der Waals surface area (Å²) in [5.41, 5.74) is 9.32. The van der Waals surface area contributed by atoms with Gasteiger partial charge in [0.25, 0.3) is 0 Å². The summed E-state index contributed by atoms with van der Waals surface area (Å²) in [5.74, 6) is 0. The molecule has 0 fully saturated rings. The Morgan fingerprint density at radius 2 is 1.93 bits per heavy atom. The highest BCUT2D eigenvalue weighted by Crippen LogP contribution is 2.30. The highest BCUT2D eigenvalue weighted by Gasteiger charge is 2.08. The highest BCUT2D eigenvalue weighted by molar-refractivity contribution is 6.32. The molecule has 0 saturated carbocycles. The SMILES string of the molecule is Cc1ccccc1-c1cnnc(Cl)c1N. The van der Waals surface area contributed by atoms with Crippen molar-refractivity contribution >= 4 is 17.3 Å². The number of nitrogen functional groups attached to an aromatic ring is 1. The normalized spacial score (nSPS) is 10.3. The summed E-state index contributed by atoms with van der Waals surface area (Å²) >= 11 is 5.82. The van der Waals surface area contributed by atoms with Gasteiger partial charge in [-0.05, 0) is 18.1 Å². The minimum atomic E-state index is 0.246. The fourth-order valence-electron chi connectivity index (χ4n) is 1.46. The van der Waals surface area contributed by atoms with Gasteiger partial charge >= 0.3 is 0 Å². The van der Waals surface area contributed by atoms with E-state index in [0.29, 0.717) is 5.69 Å². The molecule has 2 rings (SSSR count). The van der Waals surface area contributed by atoms with E-state index in [-0.39, 0.29) is 5.15 Å². The maximum absolute atomic E-state index is 5.85. The Bertz CT molecular complexity index is 497. The smallest absolute Gasteiger partial charge is 0.175 e. The largest absolute Gasteiger partial charge is 0.396 e. The van der Waals surface area contributed by atoms with Crippen LogP contribution in [0.5, 0.6) is 0 Å². The fourth-order valence-corrected chi connectivity index (χ4v) is 1.61. The lowest BCUT2D eigenvalue weighted by Crippen LogP contribution is -1.96. The molecule has 76 valence electrons. The Kier molecular flexibility index (Phi) is 2.56. The second-order valence-corrected chi connectivity index (χ2v) is 3.64. The molecule has 0 amide bonds. The van der Waals surface area contributed by atoms with Crippen LogP contribution in [0.3, 0.4) is 0 Å². The van der Waals surface area contributed by atoms with E-state index in [2.05, 4.69) is 10.2 Å². The van der Waals surface area contributed by atoms with E-state index in [1.807, 2.05) is 31.2 Å². The Morgan fingerprint density at radius 3 is 2.67 bits per heavy atom. The number of rotatable bonds is 1. The van der Waals surface area contributed by atoms with Crippen LogP contribution in [0.15, 0.2) is 30.5 Å². The van der Waals surface area contributed by atoms with Gasteiger partial charge in [0.05, 0.1) is 11.9 Å². The number of nitrogens with two attached hydrogens (primary N) is 1. The number of halogens is 1. The number of anilines is 1. The van der Waals surface area contributed by atoms with Crippen molar-refractivity contribution in [2.45, 2.75) is 6.92 Å². The number of nitrogens with zero attached hydrogens (tertiary/aromatic N) is 2. The molecule has 0 unspecified atom stereocenters. The van der Waals surface area contributed by atoms with E-state index in [4.69, 9.17) is 17.3 Å². The summed E-state index contributed by atoms with van der Waals surface area (Å²) in [4.78, 5) is 0. The Morgan fingerprint density at radius 1 is 1.20 bits per heavy atom. The Balaban J connectivity index is 2.65. The standard InChI is InChI=1S/C11H10ClN3/c1-7-4-2-3-5-8(7)9-6-14-15-11(12)10(9)13/h2-6H,1H3,(H2,13,14). The molecule has 0 aliphatic heterocycles. The lowest BCUT2D eigenvalue weighted by atomic mass is 10.0. The Hall–Kier alpha value is -1.61. The minimum absolute atomic E-state index is 0.246. The van der Waals surface area contributed by atoms with Crippen LogP contribution in [-0.4, -0.2) is 10.2 Å². The van der Waals surface area contributed by atoms with Crippen molar-refractivity contribution in [1.29, 1.82) is 0 Å². The topological polar surface area (TPSA) is 51.8 Å². The van der Waals surface area contributed by atoms with Crippen LogP contribution in [0.2, 0.25) is 5.15 Å². The van der Waals surface area contributed by atoms with Crippen molar-refractivity contribution in [2.24, 2.45) is 0 Å². The van der Waals surface area contributed by atoms with Gasteiger partial charge in [-0.3, -0.25) is 0 Å². The van der Waals surface area contributed by atoms with Crippen molar-refractivity contribution in [2.75, 3.05) is 5.73 Å². The number of hydrogen-bond acceptors (Lipinski definition) is 3. The monoisotopic (exact) mass is 219 g/mol. The van der Waals surface area contributed by atoms with E-state index in [0.717, 1.165) is 16.7 Å². The first kappa shape index (κ1) is 9.93. The van der Waals surface area contributed by atoms with E-state index in [1.54, 1.807) is 6.20 Å². The van der Waals surface area contributed by atoms with Gasteiger partial charge in [-0.1, -0.05) is 35.9 Å². The molecule has 2 N–H and O–H groups in total. The van der Waals surface area contributed by atoms with Gasteiger partial charge in [0, 0.05) is 5.56 Å². The van der Waals surface area contributed by atoms with Crippen LogP contribution < -0.4 is 5.73 Å². The van der Waals surface area contributed by atoms with Gasteiger partial charge < -0.3 is 5.73 Å². The van der Waals surface area contributed by atoms with Crippen LogP contribution >= 0.6 is 11.6 Å². The first-order valence-electron chi connectivity index (χ1n) is 4.53. The lowest BCUT2D eigenvalue weighted by Gasteiger charge is -2.08. The molecule has 0 atom stereocenters. The molecule has 1 aromatic heterocycles. The summed E-state index contributed by atoms with van der Waals surface area (Å²) in [6.45, 7) is 2.02. The average Bonchev–Trinajstić information content (AvgIpc) is 2.23. The maximum Gasteiger partial charge on any atom is 0.175 e. The van der Waals surface area contributed by atoms with Crippen molar-refractivity contribution in [3.63, 3.8) is 0 Å². The third-order valence-corrected chi connectivity index (χ3v) is 2.56. The van der Waals surface area contributed by atoms with E-state index in [1.165, 1.54) is 0 Å². The predicted molar refractivity (Wildman–Crippen MR) is 61.6 cm³/mol. The minimum Gasteiger partial charge on any atom is -0.396 e. The molecule has 1 aromatic carbocycles. The first-order chi connectivity index (χ1) is 7.20. The van der Waals surface area contributed by atoms with E-state index >= 15 is 0 Å². The van der Waals surface area contributed by atoms with Gasteiger partial charge in [-0.2, -0.15) is 5.10 Å². The lowest BCUT2D eigenvalue weighted by molar-refractivity contribution is 1.04. The quantitative estimate of drug-likeness (QED) is 0.802. The first-order valence-corrected chi connectivity index (χ1v) is 4.90. The van der Waals surface area contributed by atoms with E-state index < -0.39 is 0 Å². The summed E-state index contributed by atoms with van der Waals surface area (Å²) < 4.78 is 0. The van der Waals surface area contributed by atoms with Gasteiger partial charge in [0.2, 0.25) is 0 Å². The summed E-state index contributed by atoms with van der Waals surface area (Å²) in [5, 5.41) is 7.73. The van der Waals surface area contributed by atoms with Crippen LogP contribution in [0, 0.1) is 6.92 Å². The molecule has 0 spiro atoms. The molecule has 0 radical (unpaired) electrons. The van der Waals surface area contributed by atoms with Crippen molar-refractivity contribution in [1.82, 2.24) is 10.2 Å². The summed E-state index contributed by atoms with van der Waals surface area (Å²) in [7, 11) is 0. The van der Waals surface area contributed by atoms with Crippen LogP contribution in [0.4, 0.5) is 5.69 Å². The van der Waals surface area contributed by atoms with E-state index in [9.17, 15) is 0 Å². The van der Waals surface area contributed by atoms with Crippen LogP contribution in [0.1, 0.15) is 5.56 Å². The molecule has 1 heterocycles. The second kappa shape index (κ2) is 3.87. The maximum atomic E-state index is 5.85. The van der Waals surface area contributed by atoms with Crippen molar-refractivity contribution < 1.29 is 0 Å². The fraction of sp³-hybridized carbons (Fsp3) is 0.0909. The van der Waals surface area contributed by atoms with Gasteiger partial charge in [-0.15, -0.1) is 5.10 Å². The zero-order valence-electron chi connectivity index (χ0n) is 8.24. The van der Waals surface area contributed by atoms with Crippen molar-refractivity contribution in [3.05, 3.63) is 41.2 Å².